The molecule has 162 valence electrons. The quantitative estimate of drug-likeness (QED) is 0.151. The Balaban J connectivity index is -0.00000338. The number of carbonyl (C=O) groups excluding carboxylic acids is 1. The zero-order chi connectivity index (χ0) is 20.6. The molecular formula is C21H42NNaO4S. The Morgan fingerprint density at radius 3 is 1.79 bits per heavy atom. The third-order valence-corrected chi connectivity index (χ3v) is 6.75. The number of unbranched alkanes of at least 4 members (excludes halogenated alkanes) is 11. The molecule has 7 heteroatoms. The van der Waals surface area contributed by atoms with Crippen LogP contribution in [-0.4, -0.2) is 30.0 Å². The van der Waals surface area contributed by atoms with Crippen molar-refractivity contribution in [2.45, 2.75) is 108 Å². The first-order valence-corrected chi connectivity index (χ1v) is 12.1. The van der Waals surface area contributed by atoms with E-state index in [0.717, 1.165) is 32.1 Å². The number of hydrogen-bond acceptors (Lipinski definition) is 4. The fourth-order valence-electron chi connectivity index (χ4n) is 2.98. The van der Waals surface area contributed by atoms with E-state index in [1.165, 1.54) is 51.9 Å². The van der Waals surface area contributed by atoms with Crippen LogP contribution in [0.3, 0.4) is 0 Å². The van der Waals surface area contributed by atoms with E-state index in [4.69, 9.17) is 5.73 Å². The minimum absolute atomic E-state index is 0. The van der Waals surface area contributed by atoms with Crippen molar-refractivity contribution in [1.82, 2.24) is 0 Å². The molecule has 0 spiro atoms. The molecule has 0 saturated carbocycles. The van der Waals surface area contributed by atoms with Crippen molar-refractivity contribution in [2.75, 3.05) is 6.54 Å². The molecule has 0 aromatic heterocycles. The van der Waals surface area contributed by atoms with Gasteiger partial charge in [-0.05, 0) is 39.0 Å². The van der Waals surface area contributed by atoms with Crippen LogP contribution in [0.2, 0.25) is 0 Å². The smallest absolute Gasteiger partial charge is 1.00 e. The Hall–Kier alpha value is 0.280. The molecule has 0 aliphatic carbocycles. The fourth-order valence-corrected chi connectivity index (χ4v) is 3.58. The second-order valence-electron chi connectivity index (χ2n) is 7.67. The monoisotopic (exact) mass is 427 g/mol. The first-order chi connectivity index (χ1) is 12.8. The normalized spacial score (nSPS) is 14.0. The number of Topliss-reactive ketones (excluding diaryl/α,β-unsaturated/α-hetero) is 1. The van der Waals surface area contributed by atoms with Crippen LogP contribution in [-0.2, 0) is 14.9 Å². The van der Waals surface area contributed by atoms with Gasteiger partial charge in [-0.1, -0.05) is 70.4 Å². The summed E-state index contributed by atoms with van der Waals surface area (Å²) in [5.41, 5.74) is 5.38. The van der Waals surface area contributed by atoms with Crippen molar-refractivity contribution >= 4 is 15.9 Å². The molecule has 0 rings (SSSR count). The Morgan fingerprint density at radius 1 is 0.929 bits per heavy atom. The maximum Gasteiger partial charge on any atom is 1.00 e. The topological polar surface area (TPSA) is 97.5 Å². The van der Waals surface area contributed by atoms with Gasteiger partial charge in [0.1, 0.15) is 0 Å². The molecule has 0 amide bonds. The molecular weight excluding hydrogens is 385 g/mol. The number of nitrogens with two attached hydrogens (primary N) is 1. The Bertz CT molecular complexity index is 529. The van der Waals surface area contributed by atoms with Gasteiger partial charge in [0.15, 0.2) is 10.5 Å². The maximum absolute atomic E-state index is 12.0. The molecule has 1 unspecified atom stereocenters. The Morgan fingerprint density at radius 2 is 1.36 bits per heavy atom. The van der Waals surface area contributed by atoms with E-state index >= 15 is 0 Å². The number of hydrogen-bond donors (Lipinski definition) is 2. The zero-order valence-corrected chi connectivity index (χ0v) is 21.2. The summed E-state index contributed by atoms with van der Waals surface area (Å²) in [5, 5.41) is 0. The molecule has 3 N–H and O–H groups in total. The minimum Gasteiger partial charge on any atom is -1.00 e. The molecule has 0 radical (unpaired) electrons. The average Bonchev–Trinajstić information content (AvgIpc) is 2.62. The van der Waals surface area contributed by atoms with E-state index in [0.29, 0.717) is 6.42 Å². The van der Waals surface area contributed by atoms with Crippen LogP contribution in [0, 0.1) is 0 Å². The minimum atomic E-state index is -4.47. The summed E-state index contributed by atoms with van der Waals surface area (Å²) in [6.07, 6.45) is 19.8. The first-order valence-electron chi connectivity index (χ1n) is 10.6. The van der Waals surface area contributed by atoms with Crippen LogP contribution in [0.15, 0.2) is 12.2 Å². The molecule has 5 nitrogen and oxygen atoms in total. The molecule has 1 atom stereocenters. The Labute approximate surface area is 196 Å². The van der Waals surface area contributed by atoms with Crippen molar-refractivity contribution in [1.29, 1.82) is 0 Å². The second kappa shape index (κ2) is 18.1. The van der Waals surface area contributed by atoms with E-state index in [1.54, 1.807) is 0 Å². The third-order valence-electron chi connectivity index (χ3n) is 5.21. The Kier molecular flexibility index (Phi) is 19.7. The van der Waals surface area contributed by atoms with Gasteiger partial charge < -0.3 is 7.16 Å². The molecule has 0 heterocycles. The number of carbonyl (C=O) groups is 1. The first kappa shape index (κ1) is 30.5. The van der Waals surface area contributed by atoms with E-state index < -0.39 is 27.2 Å². The molecule has 0 saturated heterocycles. The SMILES string of the molecule is CCCCCCCC/C=C\CCCCCCCC(=O)C(C)(CN)S(=O)(=O)O.[H-].[Na+]. The average molecular weight is 428 g/mol. The predicted octanol–water partition coefficient (Wildman–Crippen LogP) is 2.31. The van der Waals surface area contributed by atoms with Crippen molar-refractivity contribution in [2.24, 2.45) is 5.73 Å². The zero-order valence-electron chi connectivity index (χ0n) is 19.4. The summed E-state index contributed by atoms with van der Waals surface area (Å²) >= 11 is 0. The van der Waals surface area contributed by atoms with Crippen LogP contribution in [0.25, 0.3) is 0 Å². The molecule has 28 heavy (non-hydrogen) atoms. The molecule has 0 bridgehead atoms. The van der Waals surface area contributed by atoms with E-state index in [-0.39, 0.29) is 37.4 Å². The summed E-state index contributed by atoms with van der Waals surface area (Å²) in [7, 11) is -4.47. The second-order valence-corrected chi connectivity index (χ2v) is 9.52. The molecule has 0 aromatic rings. The molecule has 0 aliphatic rings. The van der Waals surface area contributed by atoms with E-state index in [2.05, 4.69) is 19.1 Å². The summed E-state index contributed by atoms with van der Waals surface area (Å²) < 4.78 is 30.0. The van der Waals surface area contributed by atoms with Crippen LogP contribution in [0.1, 0.15) is 105 Å². The summed E-state index contributed by atoms with van der Waals surface area (Å²) in [4.78, 5) is 12.0. The molecule has 0 aromatic carbocycles. The van der Waals surface area contributed by atoms with Gasteiger partial charge in [-0.3, -0.25) is 9.35 Å². The van der Waals surface area contributed by atoms with Gasteiger partial charge in [0.2, 0.25) is 0 Å². The predicted molar refractivity (Wildman–Crippen MR) is 115 cm³/mol. The largest absolute Gasteiger partial charge is 1.00 e. The van der Waals surface area contributed by atoms with Gasteiger partial charge in [-0.2, -0.15) is 8.42 Å². The number of rotatable bonds is 18. The van der Waals surface area contributed by atoms with Gasteiger partial charge in [-0.25, -0.2) is 0 Å². The summed E-state index contributed by atoms with van der Waals surface area (Å²) in [6, 6.07) is 0. The standard InChI is InChI=1S/C21H41NO4S.Na.H/c1-3-4-5-6-7-8-9-10-11-12-13-14-15-16-17-18-20(23)21(2,19-22)27(24,25)26;;/h10-11H,3-9,12-19,22H2,1-2H3,(H,24,25,26);;/q;+1;-1/b11-10-;;. The van der Waals surface area contributed by atoms with Crippen molar-refractivity contribution in [3.8, 4) is 0 Å². The van der Waals surface area contributed by atoms with E-state index in [1.807, 2.05) is 0 Å². The van der Waals surface area contributed by atoms with Gasteiger partial charge in [-0.15, -0.1) is 0 Å². The van der Waals surface area contributed by atoms with Gasteiger partial charge in [0.25, 0.3) is 10.1 Å². The van der Waals surface area contributed by atoms with Crippen molar-refractivity contribution < 1.29 is 48.7 Å². The van der Waals surface area contributed by atoms with Gasteiger partial charge in [0.05, 0.1) is 0 Å². The maximum atomic E-state index is 12.0. The van der Waals surface area contributed by atoms with Crippen molar-refractivity contribution in [3.05, 3.63) is 12.2 Å². The fraction of sp³-hybridized carbons (Fsp3) is 0.857. The van der Waals surface area contributed by atoms with Crippen molar-refractivity contribution in [3.63, 3.8) is 0 Å². The molecule has 0 aliphatic heterocycles. The molecule has 0 fully saturated rings. The summed E-state index contributed by atoms with van der Waals surface area (Å²) in [5.74, 6) is -0.495. The van der Waals surface area contributed by atoms with Crippen LogP contribution < -0.4 is 35.3 Å². The number of ketones is 1. The third kappa shape index (κ3) is 13.5. The van der Waals surface area contributed by atoms with Gasteiger partial charge in [0, 0.05) is 13.0 Å². The summed E-state index contributed by atoms with van der Waals surface area (Å²) in [6.45, 7) is 3.04. The number of allylic oxidation sites excluding steroid dienone is 2. The van der Waals surface area contributed by atoms with Crippen LogP contribution in [0.5, 0.6) is 0 Å². The van der Waals surface area contributed by atoms with Crippen LogP contribution in [0.4, 0.5) is 0 Å². The van der Waals surface area contributed by atoms with Crippen LogP contribution >= 0.6 is 0 Å². The van der Waals surface area contributed by atoms with E-state index in [9.17, 15) is 17.8 Å². The van der Waals surface area contributed by atoms with Gasteiger partial charge >= 0.3 is 29.6 Å².